The van der Waals surface area contributed by atoms with Crippen molar-refractivity contribution in [2.45, 2.75) is 6.92 Å². The molecule has 23 heavy (non-hydrogen) atoms. The largest absolute Gasteiger partial charge is 0.493 e. The summed E-state index contributed by atoms with van der Waals surface area (Å²) in [6.07, 6.45) is 1.61. The molecule has 1 unspecified atom stereocenters. The zero-order valence-electron chi connectivity index (χ0n) is 14.0. The normalized spacial score (nSPS) is 11.3. The van der Waals surface area contributed by atoms with Gasteiger partial charge in [-0.15, -0.1) is 6.58 Å². The van der Waals surface area contributed by atoms with E-state index in [0.717, 1.165) is 0 Å². The molecule has 0 radical (unpaired) electrons. The second kappa shape index (κ2) is 8.82. The molecule has 1 aromatic carbocycles. The Hall–Kier alpha value is -2.50. The van der Waals surface area contributed by atoms with Gasteiger partial charge in [0.05, 0.1) is 27.2 Å². The van der Waals surface area contributed by atoms with Crippen LogP contribution in [-0.2, 0) is 9.53 Å². The molecule has 126 valence electrons. The van der Waals surface area contributed by atoms with E-state index in [1.54, 1.807) is 31.2 Å². The predicted molar refractivity (Wildman–Crippen MR) is 86.8 cm³/mol. The van der Waals surface area contributed by atoms with Crippen LogP contribution in [0.1, 0.15) is 17.3 Å². The second-order valence-corrected chi connectivity index (χ2v) is 4.99. The molecular weight excluding hydrogens is 298 g/mol. The number of amides is 1. The molecule has 0 aliphatic carbocycles. The second-order valence-electron chi connectivity index (χ2n) is 4.99. The van der Waals surface area contributed by atoms with Gasteiger partial charge in [-0.2, -0.15) is 0 Å². The van der Waals surface area contributed by atoms with Crippen molar-refractivity contribution in [1.29, 1.82) is 0 Å². The van der Waals surface area contributed by atoms with Crippen LogP contribution in [0.25, 0.3) is 0 Å². The van der Waals surface area contributed by atoms with Gasteiger partial charge in [0.1, 0.15) is 0 Å². The minimum absolute atomic E-state index is 0.221. The quantitative estimate of drug-likeness (QED) is 0.542. The van der Waals surface area contributed by atoms with Gasteiger partial charge in [-0.1, -0.05) is 13.0 Å². The van der Waals surface area contributed by atoms with Crippen LogP contribution in [-0.4, -0.2) is 51.2 Å². The fraction of sp³-hybridized carbons (Fsp3) is 0.412. The van der Waals surface area contributed by atoms with Gasteiger partial charge in [-0.3, -0.25) is 9.59 Å². The molecule has 0 spiro atoms. The van der Waals surface area contributed by atoms with E-state index in [1.165, 1.54) is 26.2 Å². The van der Waals surface area contributed by atoms with Gasteiger partial charge in [0.25, 0.3) is 5.91 Å². The van der Waals surface area contributed by atoms with Crippen LogP contribution in [0.3, 0.4) is 0 Å². The van der Waals surface area contributed by atoms with Crippen molar-refractivity contribution in [3.05, 3.63) is 36.4 Å². The van der Waals surface area contributed by atoms with Crippen molar-refractivity contribution in [2.24, 2.45) is 5.92 Å². The van der Waals surface area contributed by atoms with Crippen LogP contribution in [0.15, 0.2) is 30.9 Å². The maximum Gasteiger partial charge on any atom is 0.310 e. The highest BCUT2D eigenvalue weighted by Gasteiger charge is 2.22. The molecule has 0 fully saturated rings. The average molecular weight is 321 g/mol. The molecular formula is C17H23NO5. The summed E-state index contributed by atoms with van der Waals surface area (Å²) in [5.41, 5.74) is 0.446. The number of methoxy groups -OCH3 is 3. The van der Waals surface area contributed by atoms with Crippen molar-refractivity contribution in [3.8, 4) is 11.5 Å². The van der Waals surface area contributed by atoms with Crippen molar-refractivity contribution >= 4 is 11.9 Å². The number of rotatable bonds is 8. The zero-order valence-corrected chi connectivity index (χ0v) is 14.0. The van der Waals surface area contributed by atoms with Gasteiger partial charge in [0, 0.05) is 18.7 Å². The molecule has 0 heterocycles. The van der Waals surface area contributed by atoms with Crippen LogP contribution in [0.5, 0.6) is 11.5 Å². The number of benzene rings is 1. The van der Waals surface area contributed by atoms with E-state index in [2.05, 4.69) is 6.58 Å². The highest BCUT2D eigenvalue weighted by Crippen LogP contribution is 2.28. The Morgan fingerprint density at radius 2 is 1.87 bits per heavy atom. The van der Waals surface area contributed by atoms with Gasteiger partial charge in [0.15, 0.2) is 11.5 Å². The molecule has 0 aliphatic rings. The summed E-state index contributed by atoms with van der Waals surface area (Å²) in [5.74, 6) is 0.00462. The number of hydrogen-bond acceptors (Lipinski definition) is 5. The summed E-state index contributed by atoms with van der Waals surface area (Å²) in [6, 6.07) is 4.94. The number of carbonyl (C=O) groups excluding carboxylic acids is 2. The monoisotopic (exact) mass is 321 g/mol. The Bertz CT molecular complexity index is 570. The Morgan fingerprint density at radius 3 is 2.39 bits per heavy atom. The van der Waals surface area contributed by atoms with E-state index in [9.17, 15) is 9.59 Å². The fourth-order valence-electron chi connectivity index (χ4n) is 2.15. The highest BCUT2D eigenvalue weighted by atomic mass is 16.5. The van der Waals surface area contributed by atoms with E-state index >= 15 is 0 Å². The summed E-state index contributed by atoms with van der Waals surface area (Å²) < 4.78 is 15.1. The number of hydrogen-bond donors (Lipinski definition) is 0. The number of ether oxygens (including phenoxy) is 3. The van der Waals surface area contributed by atoms with Gasteiger partial charge in [-0.25, -0.2) is 0 Å². The Labute approximate surface area is 136 Å². The summed E-state index contributed by atoms with van der Waals surface area (Å²) >= 11 is 0. The lowest BCUT2D eigenvalue weighted by molar-refractivity contribution is -0.145. The van der Waals surface area contributed by atoms with Gasteiger partial charge in [0.2, 0.25) is 0 Å². The molecule has 1 atom stereocenters. The smallest absolute Gasteiger partial charge is 0.310 e. The SMILES string of the molecule is C=CCN(CC(C)C(=O)OC)C(=O)c1ccc(OC)c(OC)c1. The van der Waals surface area contributed by atoms with Crippen molar-refractivity contribution in [3.63, 3.8) is 0 Å². The molecule has 0 saturated carbocycles. The molecule has 0 aliphatic heterocycles. The van der Waals surface area contributed by atoms with Crippen LogP contribution < -0.4 is 9.47 Å². The fourth-order valence-corrected chi connectivity index (χ4v) is 2.15. The third kappa shape index (κ3) is 4.74. The Balaban J connectivity index is 3.01. The first-order valence-electron chi connectivity index (χ1n) is 7.18. The number of esters is 1. The van der Waals surface area contributed by atoms with E-state index in [0.29, 0.717) is 23.6 Å². The highest BCUT2D eigenvalue weighted by molar-refractivity contribution is 5.95. The van der Waals surface area contributed by atoms with Gasteiger partial charge < -0.3 is 19.1 Å². The van der Waals surface area contributed by atoms with Crippen LogP contribution >= 0.6 is 0 Å². The molecule has 6 nitrogen and oxygen atoms in total. The Kier molecular flexibility index (Phi) is 7.12. The number of carbonyl (C=O) groups is 2. The zero-order chi connectivity index (χ0) is 17.4. The lowest BCUT2D eigenvalue weighted by atomic mass is 10.1. The molecule has 1 aromatic rings. The summed E-state index contributed by atoms with van der Waals surface area (Å²) in [5, 5.41) is 0. The number of nitrogens with zero attached hydrogens (tertiary/aromatic N) is 1. The van der Waals surface area contributed by atoms with Crippen molar-refractivity contribution in [1.82, 2.24) is 4.90 Å². The van der Waals surface area contributed by atoms with E-state index in [-0.39, 0.29) is 18.4 Å². The van der Waals surface area contributed by atoms with Crippen molar-refractivity contribution in [2.75, 3.05) is 34.4 Å². The first-order chi connectivity index (χ1) is 11.0. The van der Waals surface area contributed by atoms with E-state index in [4.69, 9.17) is 14.2 Å². The van der Waals surface area contributed by atoms with Crippen LogP contribution in [0.2, 0.25) is 0 Å². The molecule has 1 rings (SSSR count). The third-order valence-corrected chi connectivity index (χ3v) is 3.36. The molecule has 0 aromatic heterocycles. The maximum atomic E-state index is 12.7. The summed E-state index contributed by atoms with van der Waals surface area (Å²) in [6.45, 7) is 5.94. The molecule has 0 bridgehead atoms. The molecule has 0 N–H and O–H groups in total. The minimum Gasteiger partial charge on any atom is -0.493 e. The van der Waals surface area contributed by atoms with Crippen LogP contribution in [0, 0.1) is 5.92 Å². The summed E-state index contributed by atoms with van der Waals surface area (Å²) in [4.78, 5) is 25.8. The molecule has 1 amide bonds. The third-order valence-electron chi connectivity index (χ3n) is 3.36. The van der Waals surface area contributed by atoms with Crippen LogP contribution in [0.4, 0.5) is 0 Å². The average Bonchev–Trinajstić information content (AvgIpc) is 2.59. The molecule has 0 saturated heterocycles. The van der Waals surface area contributed by atoms with Crippen molar-refractivity contribution < 1.29 is 23.8 Å². The minimum atomic E-state index is -0.427. The lowest BCUT2D eigenvalue weighted by Crippen LogP contribution is -2.37. The lowest BCUT2D eigenvalue weighted by Gasteiger charge is -2.24. The molecule has 6 heteroatoms. The Morgan fingerprint density at radius 1 is 1.22 bits per heavy atom. The van der Waals surface area contributed by atoms with Gasteiger partial charge >= 0.3 is 5.97 Å². The summed E-state index contributed by atoms with van der Waals surface area (Å²) in [7, 11) is 4.36. The topological polar surface area (TPSA) is 65.1 Å². The van der Waals surface area contributed by atoms with E-state index < -0.39 is 5.92 Å². The standard InChI is InChI=1S/C17H23NO5/c1-6-9-18(11-12(2)17(20)23-5)16(19)13-7-8-14(21-3)15(10-13)22-4/h6-8,10,12H,1,9,11H2,2-5H3. The first-order valence-corrected chi connectivity index (χ1v) is 7.18. The first kappa shape index (κ1) is 18.5. The maximum absolute atomic E-state index is 12.7. The predicted octanol–water partition coefficient (Wildman–Crippen LogP) is 2.14. The van der Waals surface area contributed by atoms with Gasteiger partial charge in [-0.05, 0) is 18.2 Å². The van der Waals surface area contributed by atoms with E-state index in [1.807, 2.05) is 0 Å².